The van der Waals surface area contributed by atoms with E-state index in [0.717, 1.165) is 17.6 Å². The van der Waals surface area contributed by atoms with Crippen LogP contribution in [0.3, 0.4) is 0 Å². The van der Waals surface area contributed by atoms with Crippen LogP contribution >= 0.6 is 0 Å². The Morgan fingerprint density at radius 2 is 1.76 bits per heavy atom. The van der Waals surface area contributed by atoms with Crippen molar-refractivity contribution in [3.63, 3.8) is 0 Å². The van der Waals surface area contributed by atoms with Gasteiger partial charge in [0.25, 0.3) is 0 Å². The molecule has 0 heterocycles. The fraction of sp³-hybridized carbons (Fsp3) is 0.167. The van der Waals surface area contributed by atoms with Crippen LogP contribution in [0.5, 0.6) is 11.5 Å². The molecule has 2 rings (SSSR count). The van der Waals surface area contributed by atoms with Crippen LogP contribution in [0, 0.1) is 11.8 Å². The lowest BCUT2D eigenvalue weighted by Crippen LogP contribution is -1.91. The molecule has 0 spiro atoms. The molecule has 0 radical (unpaired) electrons. The maximum absolute atomic E-state index is 11.1. The molecular weight excluding hydrogens is 264 g/mol. The largest absolute Gasteiger partial charge is 0.497 e. The fourth-order valence-electron chi connectivity index (χ4n) is 1.82. The highest BCUT2D eigenvalue weighted by Crippen LogP contribution is 2.16. The van der Waals surface area contributed by atoms with Gasteiger partial charge in [-0.3, -0.25) is 4.79 Å². The van der Waals surface area contributed by atoms with Gasteiger partial charge in [0.15, 0.2) is 6.29 Å². The van der Waals surface area contributed by atoms with Gasteiger partial charge < -0.3 is 9.47 Å². The van der Waals surface area contributed by atoms with Crippen LogP contribution in [0.1, 0.15) is 28.4 Å². The minimum absolute atomic E-state index is 0.521. The number of ether oxygens (including phenoxy) is 2. The van der Waals surface area contributed by atoms with Crippen molar-refractivity contribution in [2.75, 3.05) is 13.7 Å². The highest BCUT2D eigenvalue weighted by Gasteiger charge is 2.01. The first-order valence-corrected chi connectivity index (χ1v) is 6.65. The minimum atomic E-state index is 0.521. The standard InChI is InChI=1S/C18H16O3/c1-3-21-17-9-5-14(6-10-17)4-7-15-8-11-18(20-2)12-16(15)13-19/h5-6,8-13H,3H2,1-2H3. The molecule has 3 nitrogen and oxygen atoms in total. The van der Waals surface area contributed by atoms with Crippen molar-refractivity contribution in [1.82, 2.24) is 0 Å². The van der Waals surface area contributed by atoms with Crippen molar-refractivity contribution in [1.29, 1.82) is 0 Å². The molecule has 3 heteroatoms. The lowest BCUT2D eigenvalue weighted by molar-refractivity contribution is 0.112. The number of carbonyl (C=O) groups is 1. The zero-order valence-corrected chi connectivity index (χ0v) is 12.1. The smallest absolute Gasteiger partial charge is 0.151 e. The predicted octanol–water partition coefficient (Wildman–Crippen LogP) is 3.31. The van der Waals surface area contributed by atoms with E-state index in [2.05, 4.69) is 11.8 Å². The van der Waals surface area contributed by atoms with Gasteiger partial charge in [-0.05, 0) is 49.4 Å². The molecule has 0 N–H and O–H groups in total. The maximum Gasteiger partial charge on any atom is 0.151 e. The van der Waals surface area contributed by atoms with Gasteiger partial charge >= 0.3 is 0 Å². The summed E-state index contributed by atoms with van der Waals surface area (Å²) in [6.07, 6.45) is 0.782. The Labute approximate surface area is 124 Å². The predicted molar refractivity (Wildman–Crippen MR) is 82.0 cm³/mol. The van der Waals surface area contributed by atoms with E-state index in [1.54, 1.807) is 25.3 Å². The molecule has 106 valence electrons. The van der Waals surface area contributed by atoms with Gasteiger partial charge in [-0.25, -0.2) is 0 Å². The van der Waals surface area contributed by atoms with E-state index in [-0.39, 0.29) is 0 Å². The average Bonchev–Trinajstić information content (AvgIpc) is 2.54. The summed E-state index contributed by atoms with van der Waals surface area (Å²) in [6, 6.07) is 12.8. The van der Waals surface area contributed by atoms with Crippen LogP contribution in [0.4, 0.5) is 0 Å². The summed E-state index contributed by atoms with van der Waals surface area (Å²) < 4.78 is 10.5. The fourth-order valence-corrected chi connectivity index (χ4v) is 1.82. The molecular formula is C18H16O3. The van der Waals surface area contributed by atoms with Crippen LogP contribution in [-0.4, -0.2) is 20.0 Å². The van der Waals surface area contributed by atoms with Gasteiger partial charge in [-0.2, -0.15) is 0 Å². The molecule has 0 unspecified atom stereocenters. The zero-order valence-electron chi connectivity index (χ0n) is 12.1. The molecule has 21 heavy (non-hydrogen) atoms. The first kappa shape index (κ1) is 14.7. The highest BCUT2D eigenvalue weighted by molar-refractivity contribution is 5.80. The van der Waals surface area contributed by atoms with Gasteiger partial charge in [-0.1, -0.05) is 11.8 Å². The van der Waals surface area contributed by atoms with Crippen molar-refractivity contribution in [3.05, 3.63) is 59.2 Å². The molecule has 0 aliphatic rings. The van der Waals surface area contributed by atoms with Crippen LogP contribution in [-0.2, 0) is 0 Å². The first-order valence-electron chi connectivity index (χ1n) is 6.65. The summed E-state index contributed by atoms with van der Waals surface area (Å²) >= 11 is 0. The first-order chi connectivity index (χ1) is 10.3. The molecule has 0 aliphatic heterocycles. The maximum atomic E-state index is 11.1. The number of hydrogen-bond donors (Lipinski definition) is 0. The van der Waals surface area contributed by atoms with Crippen LogP contribution in [0.15, 0.2) is 42.5 Å². The zero-order chi connectivity index (χ0) is 15.1. The van der Waals surface area contributed by atoms with Crippen molar-refractivity contribution in [3.8, 4) is 23.3 Å². The summed E-state index contributed by atoms with van der Waals surface area (Å²) in [4.78, 5) is 11.1. The number of hydrogen-bond acceptors (Lipinski definition) is 3. The molecule has 0 fully saturated rings. The van der Waals surface area contributed by atoms with Gasteiger partial charge in [0.05, 0.1) is 13.7 Å². The number of rotatable bonds is 4. The monoisotopic (exact) mass is 280 g/mol. The van der Waals surface area contributed by atoms with Gasteiger partial charge in [-0.15, -0.1) is 0 Å². The van der Waals surface area contributed by atoms with Crippen molar-refractivity contribution in [2.24, 2.45) is 0 Å². The molecule has 0 atom stereocenters. The van der Waals surface area contributed by atoms with E-state index in [9.17, 15) is 4.79 Å². The summed E-state index contributed by atoms with van der Waals surface area (Å²) in [5.41, 5.74) is 2.07. The topological polar surface area (TPSA) is 35.5 Å². The van der Waals surface area contributed by atoms with Crippen molar-refractivity contribution in [2.45, 2.75) is 6.92 Å². The third-order valence-electron chi connectivity index (χ3n) is 2.89. The number of methoxy groups -OCH3 is 1. The van der Waals surface area contributed by atoms with Crippen LogP contribution < -0.4 is 9.47 Å². The SMILES string of the molecule is CCOc1ccc(C#Cc2ccc(OC)cc2C=O)cc1. The minimum Gasteiger partial charge on any atom is -0.497 e. The molecule has 0 amide bonds. The van der Waals surface area contributed by atoms with E-state index in [4.69, 9.17) is 9.47 Å². The quantitative estimate of drug-likeness (QED) is 0.636. The Morgan fingerprint density at radius 1 is 1.05 bits per heavy atom. The Morgan fingerprint density at radius 3 is 2.38 bits per heavy atom. The Hall–Kier alpha value is -2.73. The Balaban J connectivity index is 2.24. The number of benzene rings is 2. The molecule has 0 aromatic heterocycles. The van der Waals surface area contributed by atoms with Crippen LogP contribution in [0.2, 0.25) is 0 Å². The van der Waals surface area contributed by atoms with E-state index in [1.807, 2.05) is 31.2 Å². The summed E-state index contributed by atoms with van der Waals surface area (Å²) in [5.74, 6) is 7.51. The molecule has 0 bridgehead atoms. The number of carbonyl (C=O) groups excluding carboxylic acids is 1. The summed E-state index contributed by atoms with van der Waals surface area (Å²) in [6.45, 7) is 2.58. The van der Waals surface area contributed by atoms with E-state index in [1.165, 1.54) is 0 Å². The second kappa shape index (κ2) is 7.16. The van der Waals surface area contributed by atoms with Gasteiger partial charge in [0.1, 0.15) is 11.5 Å². The van der Waals surface area contributed by atoms with Gasteiger partial charge in [0.2, 0.25) is 0 Å². The average molecular weight is 280 g/mol. The van der Waals surface area contributed by atoms with E-state index < -0.39 is 0 Å². The van der Waals surface area contributed by atoms with Crippen LogP contribution in [0.25, 0.3) is 0 Å². The second-order valence-corrected chi connectivity index (χ2v) is 4.28. The highest BCUT2D eigenvalue weighted by atomic mass is 16.5. The van der Waals surface area contributed by atoms with E-state index >= 15 is 0 Å². The Bertz CT molecular complexity index is 676. The summed E-state index contributed by atoms with van der Waals surface area (Å²) in [7, 11) is 1.56. The molecule has 0 saturated heterocycles. The normalized spacial score (nSPS) is 9.43. The molecule has 0 saturated carbocycles. The Kier molecular flexibility index (Phi) is 5.00. The van der Waals surface area contributed by atoms with E-state index in [0.29, 0.717) is 23.5 Å². The third kappa shape index (κ3) is 3.87. The van der Waals surface area contributed by atoms with Gasteiger partial charge in [0, 0.05) is 16.7 Å². The summed E-state index contributed by atoms with van der Waals surface area (Å²) in [5, 5.41) is 0. The lowest BCUT2D eigenvalue weighted by atomic mass is 10.1. The van der Waals surface area contributed by atoms with Crippen molar-refractivity contribution >= 4 is 6.29 Å². The molecule has 2 aromatic carbocycles. The third-order valence-corrected chi connectivity index (χ3v) is 2.89. The van der Waals surface area contributed by atoms with Crippen molar-refractivity contribution < 1.29 is 14.3 Å². The number of aldehydes is 1. The molecule has 2 aromatic rings. The lowest BCUT2D eigenvalue weighted by Gasteiger charge is -2.02. The molecule has 0 aliphatic carbocycles. The second-order valence-electron chi connectivity index (χ2n) is 4.28.